The number of nitrogens with one attached hydrogen (secondary N) is 1. The summed E-state index contributed by atoms with van der Waals surface area (Å²) in [6.45, 7) is 3.31. The van der Waals surface area contributed by atoms with Crippen molar-refractivity contribution in [2.75, 3.05) is 30.1 Å². The molecular formula is C13H26N6O. The second-order valence-corrected chi connectivity index (χ2v) is 4.73. The number of nitrogen functional groups attached to an aromatic ring is 2. The van der Waals surface area contributed by atoms with Gasteiger partial charge < -0.3 is 21.5 Å². The van der Waals surface area contributed by atoms with Gasteiger partial charge in [-0.15, -0.1) is 0 Å². The Hall–Kier alpha value is -1.63. The third-order valence-electron chi connectivity index (χ3n) is 2.89. The Bertz CT molecular complexity index is 354. The molecule has 0 radical (unpaired) electrons. The first-order valence-corrected chi connectivity index (χ1v) is 7.31. The lowest BCUT2D eigenvalue weighted by molar-refractivity contribution is 0.147. The molecule has 0 aliphatic rings. The van der Waals surface area contributed by atoms with Crippen LogP contribution in [-0.4, -0.2) is 28.3 Å². The van der Waals surface area contributed by atoms with E-state index in [-0.39, 0.29) is 11.9 Å². The predicted octanol–water partition coefficient (Wildman–Crippen LogP) is 2.17. The molecule has 114 valence electrons. The van der Waals surface area contributed by atoms with Crippen LogP contribution in [0.25, 0.3) is 0 Å². The summed E-state index contributed by atoms with van der Waals surface area (Å²) >= 11 is 0. The number of nitrogens with two attached hydrogens (primary N) is 2. The van der Waals surface area contributed by atoms with Gasteiger partial charge in [0.25, 0.3) is 0 Å². The highest BCUT2D eigenvalue weighted by Gasteiger charge is 2.00. The molecular weight excluding hydrogens is 256 g/mol. The maximum atomic E-state index is 5.46. The summed E-state index contributed by atoms with van der Waals surface area (Å²) in [6.07, 6.45) is 8.90. The number of anilines is 3. The van der Waals surface area contributed by atoms with Gasteiger partial charge in [0, 0.05) is 6.61 Å². The largest absolute Gasteiger partial charge is 0.368 e. The van der Waals surface area contributed by atoms with Crippen molar-refractivity contribution in [3.8, 4) is 0 Å². The molecule has 0 saturated carbocycles. The van der Waals surface area contributed by atoms with Gasteiger partial charge in [0.05, 0.1) is 0 Å². The van der Waals surface area contributed by atoms with Crippen LogP contribution in [0.15, 0.2) is 0 Å². The highest BCUT2D eigenvalue weighted by Crippen LogP contribution is 2.07. The Kier molecular flexibility index (Phi) is 8.37. The molecule has 7 nitrogen and oxygen atoms in total. The summed E-state index contributed by atoms with van der Waals surface area (Å²) in [5.74, 6) is 0.550. The molecule has 0 aliphatic heterocycles. The van der Waals surface area contributed by atoms with E-state index in [1.54, 1.807) is 0 Å². The van der Waals surface area contributed by atoms with Gasteiger partial charge in [-0.25, -0.2) is 0 Å². The molecule has 0 bridgehead atoms. The molecule has 5 N–H and O–H groups in total. The molecule has 0 unspecified atom stereocenters. The standard InChI is InChI=1S/C13H26N6O/c1-2-3-4-5-6-7-8-9-20-10-16-13-18-11(14)17-12(15)19-13/h2-10H2,1H3,(H5,14,15,16,17,18,19). The number of aromatic nitrogens is 3. The lowest BCUT2D eigenvalue weighted by Crippen LogP contribution is -2.12. The highest BCUT2D eigenvalue weighted by molar-refractivity contribution is 5.36. The normalized spacial score (nSPS) is 10.7. The summed E-state index contributed by atoms with van der Waals surface area (Å²) in [7, 11) is 0. The first kappa shape index (κ1) is 16.4. The number of nitrogens with zero attached hydrogens (tertiary/aromatic N) is 3. The van der Waals surface area contributed by atoms with E-state index >= 15 is 0 Å². The van der Waals surface area contributed by atoms with Crippen LogP contribution in [0.5, 0.6) is 0 Å². The number of unbranched alkanes of at least 4 members (excludes halogenated alkanes) is 6. The van der Waals surface area contributed by atoms with Gasteiger partial charge in [-0.2, -0.15) is 15.0 Å². The monoisotopic (exact) mass is 282 g/mol. The maximum Gasteiger partial charge on any atom is 0.231 e. The lowest BCUT2D eigenvalue weighted by atomic mass is 10.1. The van der Waals surface area contributed by atoms with Crippen molar-refractivity contribution in [3.05, 3.63) is 0 Å². The van der Waals surface area contributed by atoms with Crippen LogP contribution < -0.4 is 16.8 Å². The third kappa shape index (κ3) is 7.73. The fraction of sp³-hybridized carbons (Fsp3) is 0.769. The number of ether oxygens (including phenoxy) is 1. The second-order valence-electron chi connectivity index (χ2n) is 4.73. The molecule has 0 spiro atoms. The van der Waals surface area contributed by atoms with Gasteiger partial charge in [0.15, 0.2) is 0 Å². The quantitative estimate of drug-likeness (QED) is 0.421. The Balaban J connectivity index is 1.97. The lowest BCUT2D eigenvalue weighted by Gasteiger charge is -2.07. The van der Waals surface area contributed by atoms with Crippen molar-refractivity contribution < 1.29 is 4.74 Å². The van der Waals surface area contributed by atoms with Crippen LogP contribution >= 0.6 is 0 Å². The summed E-state index contributed by atoms with van der Waals surface area (Å²) in [5.41, 5.74) is 10.9. The molecule has 0 amide bonds. The smallest absolute Gasteiger partial charge is 0.231 e. The Morgan fingerprint density at radius 3 is 2.15 bits per heavy atom. The second kappa shape index (κ2) is 10.2. The van der Waals surface area contributed by atoms with E-state index in [9.17, 15) is 0 Å². The SMILES string of the molecule is CCCCCCCCCOCNc1nc(N)nc(N)n1. The number of hydrogen-bond acceptors (Lipinski definition) is 7. The van der Waals surface area contributed by atoms with E-state index in [0.717, 1.165) is 13.0 Å². The van der Waals surface area contributed by atoms with Crippen molar-refractivity contribution in [1.29, 1.82) is 0 Å². The van der Waals surface area contributed by atoms with Crippen molar-refractivity contribution >= 4 is 17.8 Å². The average Bonchev–Trinajstić information content (AvgIpc) is 2.40. The molecule has 1 rings (SSSR count). The Morgan fingerprint density at radius 1 is 0.900 bits per heavy atom. The maximum absolute atomic E-state index is 5.46. The van der Waals surface area contributed by atoms with Crippen LogP contribution in [0, 0.1) is 0 Å². The zero-order chi connectivity index (χ0) is 14.6. The summed E-state index contributed by atoms with van der Waals surface area (Å²) in [4.78, 5) is 11.5. The summed E-state index contributed by atoms with van der Waals surface area (Å²) in [5, 5.41) is 2.90. The van der Waals surface area contributed by atoms with Crippen LogP contribution in [0.1, 0.15) is 51.9 Å². The number of hydrogen-bond donors (Lipinski definition) is 3. The zero-order valence-electron chi connectivity index (χ0n) is 12.3. The Labute approximate surface area is 120 Å². The van der Waals surface area contributed by atoms with Crippen LogP contribution in [0.3, 0.4) is 0 Å². The topological polar surface area (TPSA) is 112 Å². The van der Waals surface area contributed by atoms with Gasteiger partial charge in [-0.3, -0.25) is 0 Å². The van der Waals surface area contributed by atoms with Crippen molar-refractivity contribution in [1.82, 2.24) is 15.0 Å². The fourth-order valence-electron chi connectivity index (χ4n) is 1.84. The van der Waals surface area contributed by atoms with E-state index in [2.05, 4.69) is 27.2 Å². The average molecular weight is 282 g/mol. The molecule has 1 aromatic heterocycles. The van der Waals surface area contributed by atoms with Gasteiger partial charge in [-0.05, 0) is 6.42 Å². The Morgan fingerprint density at radius 2 is 1.50 bits per heavy atom. The molecule has 0 aliphatic carbocycles. The van der Waals surface area contributed by atoms with Gasteiger partial charge in [0.1, 0.15) is 6.73 Å². The summed E-state index contributed by atoms with van der Waals surface area (Å²) in [6, 6.07) is 0. The molecule has 1 heterocycles. The van der Waals surface area contributed by atoms with E-state index in [1.807, 2.05) is 0 Å². The van der Waals surface area contributed by atoms with Crippen LogP contribution in [0.2, 0.25) is 0 Å². The van der Waals surface area contributed by atoms with Crippen molar-refractivity contribution in [2.24, 2.45) is 0 Å². The van der Waals surface area contributed by atoms with Crippen LogP contribution in [-0.2, 0) is 4.74 Å². The van der Waals surface area contributed by atoms with Crippen molar-refractivity contribution in [3.63, 3.8) is 0 Å². The minimum atomic E-state index is 0.104. The molecule has 20 heavy (non-hydrogen) atoms. The molecule has 0 fully saturated rings. The minimum Gasteiger partial charge on any atom is -0.368 e. The molecule has 0 atom stereocenters. The zero-order valence-corrected chi connectivity index (χ0v) is 12.3. The molecule has 1 aromatic rings. The van der Waals surface area contributed by atoms with E-state index in [1.165, 1.54) is 38.5 Å². The van der Waals surface area contributed by atoms with E-state index in [4.69, 9.17) is 16.2 Å². The number of rotatable bonds is 11. The molecule has 0 saturated heterocycles. The fourth-order valence-corrected chi connectivity index (χ4v) is 1.84. The molecule has 7 heteroatoms. The first-order valence-electron chi connectivity index (χ1n) is 7.31. The predicted molar refractivity (Wildman–Crippen MR) is 81.1 cm³/mol. The molecule has 0 aromatic carbocycles. The first-order chi connectivity index (χ1) is 9.72. The highest BCUT2D eigenvalue weighted by atomic mass is 16.5. The van der Waals surface area contributed by atoms with E-state index < -0.39 is 0 Å². The van der Waals surface area contributed by atoms with Gasteiger partial charge in [-0.1, -0.05) is 45.4 Å². The third-order valence-corrected chi connectivity index (χ3v) is 2.89. The van der Waals surface area contributed by atoms with E-state index in [0.29, 0.717) is 12.7 Å². The minimum absolute atomic E-state index is 0.104. The van der Waals surface area contributed by atoms with Gasteiger partial charge >= 0.3 is 0 Å². The van der Waals surface area contributed by atoms with Gasteiger partial charge in [0.2, 0.25) is 17.8 Å². The summed E-state index contributed by atoms with van der Waals surface area (Å²) < 4.78 is 5.45. The van der Waals surface area contributed by atoms with Crippen molar-refractivity contribution in [2.45, 2.75) is 51.9 Å². The van der Waals surface area contributed by atoms with Crippen LogP contribution in [0.4, 0.5) is 17.8 Å².